The zero-order valence-corrected chi connectivity index (χ0v) is 13.4. The van der Waals surface area contributed by atoms with Crippen molar-refractivity contribution in [1.29, 1.82) is 0 Å². The molecule has 0 spiro atoms. The van der Waals surface area contributed by atoms with Crippen molar-refractivity contribution in [3.63, 3.8) is 0 Å². The molecular weight excluding hydrogens is 314 g/mol. The van der Waals surface area contributed by atoms with E-state index in [1.165, 1.54) is 17.9 Å². The van der Waals surface area contributed by atoms with Crippen molar-refractivity contribution in [2.24, 2.45) is 0 Å². The van der Waals surface area contributed by atoms with E-state index in [4.69, 9.17) is 16.3 Å². The molecule has 4 nitrogen and oxygen atoms in total. The van der Waals surface area contributed by atoms with Gasteiger partial charge in [0.2, 0.25) is 0 Å². The molecule has 23 heavy (non-hydrogen) atoms. The largest absolute Gasteiger partial charge is 0.465 e. The SMILES string of the molecule is COC(=O)c1cn(C(=O)c2ccc(C)c(Cl)c2)c2ccccc12. The topological polar surface area (TPSA) is 48.3 Å². The molecule has 2 aromatic carbocycles. The molecule has 0 saturated carbocycles. The number of hydrogen-bond donors (Lipinski definition) is 0. The Morgan fingerprint density at radius 3 is 2.57 bits per heavy atom. The van der Waals surface area contributed by atoms with E-state index in [1.54, 1.807) is 30.3 Å². The second-order valence-corrected chi connectivity index (χ2v) is 5.60. The van der Waals surface area contributed by atoms with Gasteiger partial charge >= 0.3 is 5.97 Å². The maximum Gasteiger partial charge on any atom is 0.340 e. The highest BCUT2D eigenvalue weighted by atomic mass is 35.5. The first-order valence-corrected chi connectivity index (χ1v) is 7.40. The van der Waals surface area contributed by atoms with E-state index in [9.17, 15) is 9.59 Å². The smallest absolute Gasteiger partial charge is 0.340 e. The minimum atomic E-state index is -0.477. The summed E-state index contributed by atoms with van der Waals surface area (Å²) in [6.07, 6.45) is 1.51. The number of aromatic nitrogens is 1. The van der Waals surface area contributed by atoms with Crippen LogP contribution in [0.1, 0.15) is 26.3 Å². The lowest BCUT2D eigenvalue weighted by Gasteiger charge is -2.06. The molecule has 0 radical (unpaired) electrons. The molecule has 1 aromatic heterocycles. The predicted molar refractivity (Wildman–Crippen MR) is 89.2 cm³/mol. The summed E-state index contributed by atoms with van der Waals surface area (Å²) in [4.78, 5) is 24.7. The summed E-state index contributed by atoms with van der Waals surface area (Å²) in [7, 11) is 1.32. The maximum atomic E-state index is 12.8. The van der Waals surface area contributed by atoms with Crippen LogP contribution in [0.25, 0.3) is 10.9 Å². The maximum absolute atomic E-state index is 12.8. The van der Waals surface area contributed by atoms with Crippen LogP contribution in [-0.4, -0.2) is 23.6 Å². The van der Waals surface area contributed by atoms with Gasteiger partial charge in [0, 0.05) is 22.2 Å². The number of ether oxygens (including phenoxy) is 1. The van der Waals surface area contributed by atoms with Crippen molar-refractivity contribution >= 4 is 34.4 Å². The van der Waals surface area contributed by atoms with Crippen LogP contribution < -0.4 is 0 Å². The summed E-state index contributed by atoms with van der Waals surface area (Å²) in [6.45, 7) is 1.87. The third-order valence-corrected chi connectivity index (χ3v) is 4.16. The van der Waals surface area contributed by atoms with Crippen molar-refractivity contribution in [2.75, 3.05) is 7.11 Å². The lowest BCUT2D eigenvalue weighted by molar-refractivity contribution is 0.0603. The zero-order chi connectivity index (χ0) is 16.6. The quantitative estimate of drug-likeness (QED) is 0.666. The van der Waals surface area contributed by atoms with Crippen LogP contribution in [-0.2, 0) is 4.74 Å². The van der Waals surface area contributed by atoms with Crippen LogP contribution in [0, 0.1) is 6.92 Å². The number of halogens is 1. The fourth-order valence-electron chi connectivity index (χ4n) is 2.49. The molecule has 0 atom stereocenters. The molecule has 0 amide bonds. The fourth-order valence-corrected chi connectivity index (χ4v) is 2.67. The normalized spacial score (nSPS) is 10.7. The molecule has 3 aromatic rings. The molecule has 0 aliphatic heterocycles. The molecule has 0 aliphatic rings. The summed E-state index contributed by atoms with van der Waals surface area (Å²) in [5.41, 5.74) is 2.36. The van der Waals surface area contributed by atoms with Gasteiger partial charge in [-0.1, -0.05) is 35.9 Å². The minimum Gasteiger partial charge on any atom is -0.465 e. The number of nitrogens with zero attached hydrogens (tertiary/aromatic N) is 1. The molecule has 1 heterocycles. The lowest BCUT2D eigenvalue weighted by Crippen LogP contribution is -2.11. The molecule has 3 rings (SSSR count). The van der Waals surface area contributed by atoms with Gasteiger partial charge in [0.05, 0.1) is 18.2 Å². The van der Waals surface area contributed by atoms with E-state index in [-0.39, 0.29) is 5.91 Å². The first kappa shape index (κ1) is 15.3. The Morgan fingerprint density at radius 1 is 1.13 bits per heavy atom. The average Bonchev–Trinajstić information content (AvgIpc) is 2.95. The van der Waals surface area contributed by atoms with Crippen LogP contribution in [0.3, 0.4) is 0 Å². The van der Waals surface area contributed by atoms with Gasteiger partial charge in [-0.15, -0.1) is 0 Å². The second-order valence-electron chi connectivity index (χ2n) is 5.19. The summed E-state index contributed by atoms with van der Waals surface area (Å²) >= 11 is 6.11. The van der Waals surface area contributed by atoms with Gasteiger partial charge < -0.3 is 4.74 Å². The van der Waals surface area contributed by atoms with Crippen molar-refractivity contribution in [2.45, 2.75) is 6.92 Å². The number of esters is 1. The zero-order valence-electron chi connectivity index (χ0n) is 12.7. The van der Waals surface area contributed by atoms with Crippen molar-refractivity contribution in [3.8, 4) is 0 Å². The highest BCUT2D eigenvalue weighted by Gasteiger charge is 2.19. The number of carbonyl (C=O) groups excluding carboxylic acids is 2. The molecular formula is C18H14ClNO3. The first-order valence-electron chi connectivity index (χ1n) is 7.02. The number of fused-ring (bicyclic) bond motifs is 1. The predicted octanol–water partition coefficient (Wildman–Crippen LogP) is 4.08. The summed E-state index contributed by atoms with van der Waals surface area (Å²) in [5.74, 6) is -0.729. The molecule has 0 bridgehead atoms. The monoisotopic (exact) mass is 327 g/mol. The molecule has 0 saturated heterocycles. The highest BCUT2D eigenvalue weighted by molar-refractivity contribution is 6.31. The van der Waals surface area contributed by atoms with Gasteiger partial charge in [-0.3, -0.25) is 9.36 Å². The Morgan fingerprint density at radius 2 is 1.87 bits per heavy atom. The van der Waals surface area contributed by atoms with Crippen molar-refractivity contribution in [3.05, 3.63) is 70.4 Å². The van der Waals surface area contributed by atoms with Crippen molar-refractivity contribution < 1.29 is 14.3 Å². The van der Waals surface area contributed by atoms with Crippen LogP contribution >= 0.6 is 11.6 Å². The Kier molecular flexibility index (Phi) is 3.92. The number of hydrogen-bond acceptors (Lipinski definition) is 3. The Hall–Kier alpha value is -2.59. The number of para-hydroxylation sites is 1. The van der Waals surface area contributed by atoms with Gasteiger partial charge in [0.15, 0.2) is 0 Å². The van der Waals surface area contributed by atoms with Crippen molar-refractivity contribution in [1.82, 2.24) is 4.57 Å². The van der Waals surface area contributed by atoms with E-state index < -0.39 is 5.97 Å². The van der Waals surface area contributed by atoms with Crippen LogP contribution in [0.4, 0.5) is 0 Å². The van der Waals surface area contributed by atoms with Crippen LogP contribution in [0.2, 0.25) is 5.02 Å². The van der Waals surface area contributed by atoms with Gasteiger partial charge in [0.25, 0.3) is 5.91 Å². The number of benzene rings is 2. The minimum absolute atomic E-state index is 0.252. The highest BCUT2D eigenvalue weighted by Crippen LogP contribution is 2.24. The number of methoxy groups -OCH3 is 1. The van der Waals surface area contributed by atoms with Gasteiger partial charge in [0.1, 0.15) is 0 Å². The first-order chi connectivity index (χ1) is 11.0. The van der Waals surface area contributed by atoms with Crippen LogP contribution in [0.5, 0.6) is 0 Å². The molecule has 0 aliphatic carbocycles. The molecule has 116 valence electrons. The van der Waals surface area contributed by atoms with Gasteiger partial charge in [-0.05, 0) is 30.7 Å². The Bertz CT molecular complexity index is 927. The second kappa shape index (κ2) is 5.89. The molecule has 0 N–H and O–H groups in total. The molecule has 5 heteroatoms. The Balaban J connectivity index is 2.17. The van der Waals surface area contributed by atoms with Gasteiger partial charge in [-0.25, -0.2) is 4.79 Å². The lowest BCUT2D eigenvalue weighted by atomic mass is 10.1. The standard InChI is InChI=1S/C18H14ClNO3/c1-11-7-8-12(9-15(11)19)17(21)20-10-14(18(22)23-2)13-5-3-4-6-16(13)20/h3-10H,1-2H3. The van der Waals surface area contributed by atoms with E-state index in [2.05, 4.69) is 0 Å². The summed E-state index contributed by atoms with van der Waals surface area (Å²) < 4.78 is 6.24. The number of carbonyl (C=O) groups is 2. The van der Waals surface area contributed by atoms with E-state index >= 15 is 0 Å². The number of rotatable bonds is 2. The van der Waals surface area contributed by atoms with Gasteiger partial charge in [-0.2, -0.15) is 0 Å². The van der Waals surface area contributed by atoms with E-state index in [1.807, 2.05) is 19.1 Å². The van der Waals surface area contributed by atoms with E-state index in [0.29, 0.717) is 27.1 Å². The van der Waals surface area contributed by atoms with Crippen LogP contribution in [0.15, 0.2) is 48.7 Å². The average molecular weight is 328 g/mol. The van der Waals surface area contributed by atoms with E-state index in [0.717, 1.165) is 5.56 Å². The Labute approximate surface area is 138 Å². The summed E-state index contributed by atoms with van der Waals surface area (Å²) in [6, 6.07) is 12.3. The number of aryl methyl sites for hydroxylation is 1. The third-order valence-electron chi connectivity index (χ3n) is 3.75. The third kappa shape index (κ3) is 2.62. The molecule has 0 unspecified atom stereocenters. The summed E-state index contributed by atoms with van der Waals surface area (Å²) in [5, 5.41) is 1.20. The fraction of sp³-hybridized carbons (Fsp3) is 0.111. The molecule has 0 fully saturated rings.